The molecule has 0 amide bonds. The smallest absolute Gasteiger partial charge is 0.0377 e. The van der Waals surface area contributed by atoms with Gasteiger partial charge in [0.05, 0.1) is 0 Å². The van der Waals surface area contributed by atoms with Crippen LogP contribution >= 0.6 is 0 Å². The molecule has 19 heavy (non-hydrogen) atoms. The van der Waals surface area contributed by atoms with E-state index < -0.39 is 0 Å². The summed E-state index contributed by atoms with van der Waals surface area (Å²) in [6.45, 7) is 16.0. The highest BCUT2D eigenvalue weighted by Crippen LogP contribution is 2.25. The van der Waals surface area contributed by atoms with Gasteiger partial charge in [0.1, 0.15) is 0 Å². The molecule has 0 atom stereocenters. The molecule has 0 saturated carbocycles. The Hall–Kier alpha value is -1.08. The maximum absolute atomic E-state index is 3.91. The van der Waals surface area contributed by atoms with Crippen LogP contribution in [-0.4, -0.2) is 12.1 Å². The molecule has 0 bridgehead atoms. The number of hydrogen-bond acceptors (Lipinski definition) is 1. The van der Waals surface area contributed by atoms with E-state index in [1.807, 2.05) is 6.08 Å². The fraction of sp³-hybridized carbons (Fsp3) is 0.556. The predicted octanol–water partition coefficient (Wildman–Crippen LogP) is 4.79. The standard InChI is InChI=1S/C18H29N/c1-7-15-11-9-10-12-16(13-15)18(5,6)19-14-17(3,4)8-2/h8-10,12-13,19H,2,7,11,14H2,1,3-6H3. The number of rotatable bonds is 6. The Morgan fingerprint density at radius 3 is 2.58 bits per heavy atom. The van der Waals surface area contributed by atoms with Crippen LogP contribution in [0.3, 0.4) is 0 Å². The minimum absolute atomic E-state index is 0.0185. The lowest BCUT2D eigenvalue weighted by molar-refractivity contribution is 0.361. The lowest BCUT2D eigenvalue weighted by Crippen LogP contribution is -2.45. The fourth-order valence-electron chi connectivity index (χ4n) is 1.98. The molecule has 1 nitrogen and oxygen atoms in total. The van der Waals surface area contributed by atoms with E-state index in [1.165, 1.54) is 11.1 Å². The monoisotopic (exact) mass is 259 g/mol. The zero-order chi connectivity index (χ0) is 14.5. The molecule has 1 rings (SSSR count). The number of allylic oxidation sites excluding steroid dienone is 4. The molecule has 0 aromatic rings. The van der Waals surface area contributed by atoms with Crippen LogP contribution in [0.5, 0.6) is 0 Å². The lowest BCUT2D eigenvalue weighted by Gasteiger charge is -2.32. The summed E-state index contributed by atoms with van der Waals surface area (Å²) in [4.78, 5) is 0. The van der Waals surface area contributed by atoms with Crippen molar-refractivity contribution >= 4 is 0 Å². The maximum atomic E-state index is 3.91. The van der Waals surface area contributed by atoms with E-state index in [4.69, 9.17) is 0 Å². The van der Waals surface area contributed by atoms with E-state index in [0.29, 0.717) is 0 Å². The summed E-state index contributed by atoms with van der Waals surface area (Å²) in [7, 11) is 0. The van der Waals surface area contributed by atoms with Gasteiger partial charge < -0.3 is 5.32 Å². The SMILES string of the molecule is C=CC(C)(C)CNC(C)(C)C1=CC=CCC(CC)=C1. The first kappa shape index (κ1) is 16.0. The summed E-state index contributed by atoms with van der Waals surface area (Å²) in [5.74, 6) is 0. The van der Waals surface area contributed by atoms with Crippen molar-refractivity contribution in [2.75, 3.05) is 6.54 Å². The lowest BCUT2D eigenvalue weighted by atomic mass is 9.88. The Labute approximate surface area is 119 Å². The normalized spacial score (nSPS) is 16.7. The van der Waals surface area contributed by atoms with Gasteiger partial charge in [-0.2, -0.15) is 0 Å². The van der Waals surface area contributed by atoms with Crippen LogP contribution in [0.2, 0.25) is 0 Å². The molecule has 0 unspecified atom stereocenters. The fourth-order valence-corrected chi connectivity index (χ4v) is 1.98. The molecule has 1 aliphatic carbocycles. The van der Waals surface area contributed by atoms with Gasteiger partial charge in [0.2, 0.25) is 0 Å². The van der Waals surface area contributed by atoms with Gasteiger partial charge in [-0.3, -0.25) is 0 Å². The minimum Gasteiger partial charge on any atom is -0.307 e. The van der Waals surface area contributed by atoms with Crippen molar-refractivity contribution in [2.45, 2.75) is 53.0 Å². The predicted molar refractivity (Wildman–Crippen MR) is 86.3 cm³/mol. The quantitative estimate of drug-likeness (QED) is 0.676. The van der Waals surface area contributed by atoms with Gasteiger partial charge in [0, 0.05) is 12.1 Å². The first-order valence-corrected chi connectivity index (χ1v) is 7.26. The molecule has 0 aromatic heterocycles. The van der Waals surface area contributed by atoms with Gasteiger partial charge in [-0.1, -0.05) is 56.7 Å². The van der Waals surface area contributed by atoms with Crippen LogP contribution < -0.4 is 5.32 Å². The molecule has 0 fully saturated rings. The first-order chi connectivity index (χ1) is 8.80. The van der Waals surface area contributed by atoms with Crippen molar-refractivity contribution in [3.05, 3.63) is 48.1 Å². The highest BCUT2D eigenvalue weighted by atomic mass is 15.0. The molecule has 106 valence electrons. The second kappa shape index (κ2) is 6.38. The highest BCUT2D eigenvalue weighted by molar-refractivity contribution is 5.38. The second-order valence-corrected chi connectivity index (χ2v) is 6.58. The van der Waals surface area contributed by atoms with Crippen molar-refractivity contribution in [1.29, 1.82) is 0 Å². The van der Waals surface area contributed by atoms with Gasteiger partial charge in [-0.05, 0) is 37.7 Å². The minimum atomic E-state index is -0.0185. The van der Waals surface area contributed by atoms with Gasteiger partial charge in [-0.15, -0.1) is 6.58 Å². The topological polar surface area (TPSA) is 12.0 Å². The van der Waals surface area contributed by atoms with E-state index in [9.17, 15) is 0 Å². The zero-order valence-electron chi connectivity index (χ0n) is 13.2. The zero-order valence-corrected chi connectivity index (χ0v) is 13.2. The van der Waals surface area contributed by atoms with E-state index in [0.717, 1.165) is 19.4 Å². The molecule has 0 aliphatic heterocycles. The van der Waals surface area contributed by atoms with Crippen LogP contribution in [0.1, 0.15) is 47.5 Å². The number of nitrogens with one attached hydrogen (secondary N) is 1. The van der Waals surface area contributed by atoms with Crippen LogP contribution in [-0.2, 0) is 0 Å². The van der Waals surface area contributed by atoms with Gasteiger partial charge in [0.25, 0.3) is 0 Å². The highest BCUT2D eigenvalue weighted by Gasteiger charge is 2.24. The third-order valence-electron chi connectivity index (χ3n) is 3.87. The summed E-state index contributed by atoms with van der Waals surface area (Å²) in [6.07, 6.45) is 13.2. The van der Waals surface area contributed by atoms with Crippen LogP contribution in [0.15, 0.2) is 48.1 Å². The summed E-state index contributed by atoms with van der Waals surface area (Å²) in [5.41, 5.74) is 2.96. The first-order valence-electron chi connectivity index (χ1n) is 7.26. The van der Waals surface area contributed by atoms with E-state index >= 15 is 0 Å². The molecule has 1 heteroatoms. The summed E-state index contributed by atoms with van der Waals surface area (Å²) in [5, 5.41) is 3.67. The van der Waals surface area contributed by atoms with Crippen molar-refractivity contribution < 1.29 is 0 Å². The average molecular weight is 259 g/mol. The van der Waals surface area contributed by atoms with Crippen LogP contribution in [0.4, 0.5) is 0 Å². The van der Waals surface area contributed by atoms with Gasteiger partial charge in [0.15, 0.2) is 0 Å². The Bertz CT molecular complexity index is 405. The van der Waals surface area contributed by atoms with Crippen LogP contribution in [0.25, 0.3) is 0 Å². The molecular formula is C18H29N. The third kappa shape index (κ3) is 4.83. The molecular weight excluding hydrogens is 230 g/mol. The average Bonchev–Trinajstić information content (AvgIpc) is 2.62. The van der Waals surface area contributed by atoms with E-state index in [2.05, 4.69) is 70.8 Å². The van der Waals surface area contributed by atoms with Crippen molar-refractivity contribution in [3.63, 3.8) is 0 Å². The van der Waals surface area contributed by atoms with Crippen molar-refractivity contribution in [3.8, 4) is 0 Å². The molecule has 1 N–H and O–H groups in total. The Kier molecular flexibility index (Phi) is 5.37. The summed E-state index contributed by atoms with van der Waals surface area (Å²) < 4.78 is 0. The van der Waals surface area contributed by atoms with Crippen molar-refractivity contribution in [2.24, 2.45) is 5.41 Å². The maximum Gasteiger partial charge on any atom is 0.0377 e. The molecule has 1 aliphatic rings. The van der Waals surface area contributed by atoms with Gasteiger partial charge in [-0.25, -0.2) is 0 Å². The Balaban J connectivity index is 2.84. The van der Waals surface area contributed by atoms with E-state index in [1.54, 1.807) is 0 Å². The Morgan fingerprint density at radius 2 is 2.00 bits per heavy atom. The second-order valence-electron chi connectivity index (χ2n) is 6.58. The Morgan fingerprint density at radius 1 is 1.32 bits per heavy atom. The van der Waals surface area contributed by atoms with Gasteiger partial charge >= 0.3 is 0 Å². The number of hydrogen-bond donors (Lipinski definition) is 1. The third-order valence-corrected chi connectivity index (χ3v) is 3.87. The molecule has 0 heterocycles. The van der Waals surface area contributed by atoms with E-state index in [-0.39, 0.29) is 11.0 Å². The summed E-state index contributed by atoms with van der Waals surface area (Å²) in [6, 6.07) is 0. The molecule has 0 spiro atoms. The van der Waals surface area contributed by atoms with Crippen molar-refractivity contribution in [1.82, 2.24) is 5.32 Å². The largest absolute Gasteiger partial charge is 0.307 e. The molecule has 0 saturated heterocycles. The molecule has 0 radical (unpaired) electrons. The summed E-state index contributed by atoms with van der Waals surface area (Å²) >= 11 is 0. The van der Waals surface area contributed by atoms with Crippen LogP contribution in [0, 0.1) is 5.41 Å². The molecule has 0 aromatic carbocycles.